The molecular formula is C15H21N3O. The van der Waals surface area contributed by atoms with Crippen molar-refractivity contribution in [2.24, 2.45) is 5.41 Å². The van der Waals surface area contributed by atoms with Crippen LogP contribution in [-0.4, -0.2) is 34.8 Å². The molecule has 0 aliphatic carbocycles. The van der Waals surface area contributed by atoms with Gasteiger partial charge in [-0.1, -0.05) is 19.1 Å². The maximum absolute atomic E-state index is 9.69. The summed E-state index contributed by atoms with van der Waals surface area (Å²) in [5.74, 6) is 0.937. The van der Waals surface area contributed by atoms with Crippen molar-refractivity contribution in [3.05, 3.63) is 24.3 Å². The Kier molecular flexibility index (Phi) is 3.19. The molecule has 4 heteroatoms. The number of hydrogen-bond acceptors (Lipinski definition) is 3. The van der Waals surface area contributed by atoms with E-state index < -0.39 is 0 Å². The Hall–Kier alpha value is -1.55. The van der Waals surface area contributed by atoms with Gasteiger partial charge in [-0.15, -0.1) is 0 Å². The Morgan fingerprint density at radius 2 is 2.26 bits per heavy atom. The first-order valence-electron chi connectivity index (χ1n) is 7.07. The van der Waals surface area contributed by atoms with Crippen molar-refractivity contribution in [3.63, 3.8) is 0 Å². The number of benzene rings is 1. The molecule has 1 fully saturated rings. The lowest BCUT2D eigenvalue weighted by atomic mass is 9.78. The van der Waals surface area contributed by atoms with Crippen LogP contribution in [-0.2, 0) is 0 Å². The molecule has 1 aliphatic heterocycles. The van der Waals surface area contributed by atoms with Crippen LogP contribution in [0.2, 0.25) is 0 Å². The molecule has 2 heterocycles. The summed E-state index contributed by atoms with van der Waals surface area (Å²) >= 11 is 0. The van der Waals surface area contributed by atoms with E-state index in [1.165, 1.54) is 0 Å². The summed E-state index contributed by atoms with van der Waals surface area (Å²) in [6, 6.07) is 8.10. The second-order valence-corrected chi connectivity index (χ2v) is 5.61. The van der Waals surface area contributed by atoms with Gasteiger partial charge in [0.1, 0.15) is 0 Å². The van der Waals surface area contributed by atoms with Crippen molar-refractivity contribution >= 4 is 17.0 Å². The summed E-state index contributed by atoms with van der Waals surface area (Å²) in [6.45, 7) is 4.33. The minimum Gasteiger partial charge on any atom is -0.396 e. The Morgan fingerprint density at radius 3 is 3.00 bits per heavy atom. The van der Waals surface area contributed by atoms with E-state index in [2.05, 4.69) is 27.9 Å². The molecule has 1 unspecified atom stereocenters. The van der Waals surface area contributed by atoms with Gasteiger partial charge < -0.3 is 15.0 Å². The molecule has 1 saturated heterocycles. The highest BCUT2D eigenvalue weighted by atomic mass is 16.3. The van der Waals surface area contributed by atoms with Crippen LogP contribution in [0.3, 0.4) is 0 Å². The maximum Gasteiger partial charge on any atom is 0.203 e. The fourth-order valence-electron chi connectivity index (χ4n) is 3.01. The highest BCUT2D eigenvalue weighted by molar-refractivity contribution is 5.77. The van der Waals surface area contributed by atoms with Crippen molar-refractivity contribution in [2.75, 3.05) is 24.6 Å². The second-order valence-electron chi connectivity index (χ2n) is 5.61. The smallest absolute Gasteiger partial charge is 0.203 e. The van der Waals surface area contributed by atoms with Gasteiger partial charge >= 0.3 is 0 Å². The van der Waals surface area contributed by atoms with Crippen LogP contribution in [0.1, 0.15) is 26.2 Å². The van der Waals surface area contributed by atoms with E-state index in [1.54, 1.807) is 0 Å². The van der Waals surface area contributed by atoms with Crippen molar-refractivity contribution in [2.45, 2.75) is 26.2 Å². The average molecular weight is 259 g/mol. The number of piperidine rings is 1. The summed E-state index contributed by atoms with van der Waals surface area (Å²) in [5, 5.41) is 9.69. The van der Waals surface area contributed by atoms with Crippen molar-refractivity contribution < 1.29 is 5.11 Å². The highest BCUT2D eigenvalue weighted by Crippen LogP contribution is 2.34. The number of aliphatic hydroxyl groups excluding tert-OH is 1. The summed E-state index contributed by atoms with van der Waals surface area (Å²) < 4.78 is 0. The molecule has 1 aliphatic rings. The third kappa shape index (κ3) is 2.21. The summed E-state index contributed by atoms with van der Waals surface area (Å²) in [4.78, 5) is 10.3. The zero-order chi connectivity index (χ0) is 13.3. The van der Waals surface area contributed by atoms with E-state index >= 15 is 0 Å². The fraction of sp³-hybridized carbons (Fsp3) is 0.533. The largest absolute Gasteiger partial charge is 0.396 e. The Balaban J connectivity index is 1.89. The first-order valence-corrected chi connectivity index (χ1v) is 7.07. The summed E-state index contributed by atoms with van der Waals surface area (Å²) in [7, 11) is 0. The SMILES string of the molecule is CCC1(CO)CCCN(c2nc3ccccc3[nH]2)C1. The summed E-state index contributed by atoms with van der Waals surface area (Å²) in [5.41, 5.74) is 2.13. The molecule has 0 radical (unpaired) electrons. The van der Waals surface area contributed by atoms with Crippen LogP contribution in [0.25, 0.3) is 11.0 Å². The van der Waals surface area contributed by atoms with Crippen molar-refractivity contribution in [1.29, 1.82) is 0 Å². The number of aromatic nitrogens is 2. The van der Waals surface area contributed by atoms with Crippen LogP contribution in [0, 0.1) is 5.41 Å². The van der Waals surface area contributed by atoms with Crippen LogP contribution >= 0.6 is 0 Å². The van der Waals surface area contributed by atoms with E-state index in [1.807, 2.05) is 18.2 Å². The van der Waals surface area contributed by atoms with E-state index in [9.17, 15) is 5.11 Å². The second kappa shape index (κ2) is 4.85. The van der Waals surface area contributed by atoms with Gasteiger partial charge in [0, 0.05) is 18.5 Å². The molecular weight excluding hydrogens is 238 g/mol. The zero-order valence-electron chi connectivity index (χ0n) is 11.4. The van der Waals surface area contributed by atoms with Crippen LogP contribution in [0.4, 0.5) is 5.95 Å². The third-order valence-electron chi connectivity index (χ3n) is 4.42. The molecule has 3 rings (SSSR count). The van der Waals surface area contributed by atoms with Crippen molar-refractivity contribution in [1.82, 2.24) is 9.97 Å². The van der Waals surface area contributed by atoms with Gasteiger partial charge in [-0.2, -0.15) is 0 Å². The maximum atomic E-state index is 9.69. The first-order chi connectivity index (χ1) is 9.26. The first kappa shape index (κ1) is 12.5. The van der Waals surface area contributed by atoms with Gasteiger partial charge in [-0.25, -0.2) is 4.98 Å². The quantitative estimate of drug-likeness (QED) is 0.890. The molecule has 4 nitrogen and oxygen atoms in total. The van der Waals surface area contributed by atoms with Crippen LogP contribution < -0.4 is 4.90 Å². The standard InChI is InChI=1S/C15H21N3O/c1-2-15(11-19)8-5-9-18(10-15)14-16-12-6-3-4-7-13(12)17-14/h3-4,6-7,19H,2,5,8-11H2,1H3,(H,16,17). The number of aliphatic hydroxyl groups is 1. The zero-order valence-corrected chi connectivity index (χ0v) is 11.4. The van der Waals surface area contributed by atoms with Gasteiger partial charge in [-0.3, -0.25) is 0 Å². The minimum absolute atomic E-state index is 0.0389. The number of nitrogens with one attached hydrogen (secondary N) is 1. The number of anilines is 1. The van der Waals surface area contributed by atoms with E-state index in [0.29, 0.717) is 0 Å². The molecule has 1 atom stereocenters. The molecule has 2 aromatic rings. The molecule has 1 aromatic carbocycles. The number of H-pyrrole nitrogens is 1. The van der Waals surface area contributed by atoms with Gasteiger partial charge in [0.15, 0.2) is 0 Å². The van der Waals surface area contributed by atoms with Crippen LogP contribution in [0.15, 0.2) is 24.3 Å². The number of nitrogens with zero attached hydrogens (tertiary/aromatic N) is 2. The Morgan fingerprint density at radius 1 is 1.42 bits per heavy atom. The molecule has 0 saturated carbocycles. The van der Waals surface area contributed by atoms with Gasteiger partial charge in [-0.05, 0) is 31.4 Å². The number of hydrogen-bond donors (Lipinski definition) is 2. The summed E-state index contributed by atoms with van der Waals surface area (Å²) in [6.07, 6.45) is 3.24. The van der Waals surface area contributed by atoms with Gasteiger partial charge in [0.25, 0.3) is 0 Å². The number of para-hydroxylation sites is 2. The molecule has 19 heavy (non-hydrogen) atoms. The van der Waals surface area contributed by atoms with Gasteiger partial charge in [0.2, 0.25) is 5.95 Å². The lowest BCUT2D eigenvalue weighted by molar-refractivity contribution is 0.101. The lowest BCUT2D eigenvalue weighted by Crippen LogP contribution is -2.45. The van der Waals surface area contributed by atoms with E-state index in [0.717, 1.165) is 49.3 Å². The fourth-order valence-corrected chi connectivity index (χ4v) is 3.01. The number of aromatic amines is 1. The van der Waals surface area contributed by atoms with Crippen LogP contribution in [0.5, 0.6) is 0 Å². The van der Waals surface area contributed by atoms with E-state index in [-0.39, 0.29) is 12.0 Å². The average Bonchev–Trinajstić information content (AvgIpc) is 2.91. The predicted octanol–water partition coefficient (Wildman–Crippen LogP) is 2.55. The third-order valence-corrected chi connectivity index (χ3v) is 4.42. The van der Waals surface area contributed by atoms with Gasteiger partial charge in [0.05, 0.1) is 17.6 Å². The lowest BCUT2D eigenvalue weighted by Gasteiger charge is -2.41. The normalized spacial score (nSPS) is 24.0. The molecule has 0 bridgehead atoms. The topological polar surface area (TPSA) is 52.1 Å². The molecule has 0 amide bonds. The molecule has 2 N–H and O–H groups in total. The highest BCUT2D eigenvalue weighted by Gasteiger charge is 2.34. The molecule has 1 aromatic heterocycles. The van der Waals surface area contributed by atoms with E-state index in [4.69, 9.17) is 0 Å². The Labute approximate surface area is 113 Å². The minimum atomic E-state index is 0.0389. The number of imidazole rings is 1. The number of rotatable bonds is 3. The Bertz CT molecular complexity index is 526. The molecule has 0 spiro atoms. The molecule has 102 valence electrons. The van der Waals surface area contributed by atoms with Crippen molar-refractivity contribution in [3.8, 4) is 0 Å². The number of fused-ring (bicyclic) bond motifs is 1. The monoisotopic (exact) mass is 259 g/mol. The predicted molar refractivity (Wildman–Crippen MR) is 77.4 cm³/mol.